The number of carbonyl (C=O) groups excluding carboxylic acids is 2. The predicted octanol–water partition coefficient (Wildman–Crippen LogP) is -0.108. The minimum atomic E-state index is -0.611. The van der Waals surface area contributed by atoms with E-state index in [1.807, 2.05) is 0 Å². The molecule has 0 aliphatic rings. The maximum absolute atomic E-state index is 11.6. The van der Waals surface area contributed by atoms with Crippen molar-refractivity contribution < 1.29 is 9.59 Å². The van der Waals surface area contributed by atoms with E-state index in [2.05, 4.69) is 25.6 Å². The van der Waals surface area contributed by atoms with Gasteiger partial charge in [-0.25, -0.2) is 15.0 Å². The van der Waals surface area contributed by atoms with Crippen LogP contribution in [0.15, 0.2) is 23.8 Å². The quantitative estimate of drug-likeness (QED) is 0.701. The molecule has 2 rings (SSSR count). The van der Waals surface area contributed by atoms with Crippen LogP contribution in [0.5, 0.6) is 0 Å². The van der Waals surface area contributed by atoms with Gasteiger partial charge in [-0.05, 0) is 6.07 Å². The fraction of sp³-hybridized carbons (Fsp3) is 0.100. The van der Waals surface area contributed by atoms with E-state index >= 15 is 0 Å². The first kappa shape index (κ1) is 12.9. The summed E-state index contributed by atoms with van der Waals surface area (Å²) >= 11 is 1.23. The number of carbonyl (C=O) groups is 2. The molecule has 0 aliphatic heterocycles. The smallest absolute Gasteiger partial charge is 0.271 e. The molecule has 8 nitrogen and oxygen atoms in total. The molecule has 0 saturated carbocycles. The first-order valence-corrected chi connectivity index (χ1v) is 6.09. The van der Waals surface area contributed by atoms with E-state index in [0.717, 1.165) is 0 Å². The predicted molar refractivity (Wildman–Crippen MR) is 69.0 cm³/mol. The molecule has 0 bridgehead atoms. The highest BCUT2D eigenvalue weighted by molar-refractivity contribution is 7.14. The molecule has 2 aromatic rings. The standard InChI is InChI=1S/C10H10N6O2S/c11-7(17)4-14-8(18)6-5-19-10(15-6)16-9-12-2-1-3-13-9/h1-3,5H,4H2,(H2,11,17)(H,14,18)(H,12,13,15,16). The number of thiazole rings is 1. The van der Waals surface area contributed by atoms with Crippen LogP contribution in [-0.2, 0) is 4.79 Å². The highest BCUT2D eigenvalue weighted by Crippen LogP contribution is 2.18. The van der Waals surface area contributed by atoms with Gasteiger partial charge in [0.25, 0.3) is 5.91 Å². The Morgan fingerprint density at radius 2 is 2.05 bits per heavy atom. The second-order valence-electron chi connectivity index (χ2n) is 3.38. The van der Waals surface area contributed by atoms with E-state index in [1.54, 1.807) is 23.8 Å². The molecular weight excluding hydrogens is 268 g/mol. The van der Waals surface area contributed by atoms with E-state index in [1.165, 1.54) is 11.3 Å². The van der Waals surface area contributed by atoms with Crippen molar-refractivity contribution in [2.75, 3.05) is 11.9 Å². The van der Waals surface area contributed by atoms with Crippen molar-refractivity contribution in [2.45, 2.75) is 0 Å². The van der Waals surface area contributed by atoms with E-state index in [-0.39, 0.29) is 12.2 Å². The summed E-state index contributed by atoms with van der Waals surface area (Å²) in [6.07, 6.45) is 3.17. The van der Waals surface area contributed by atoms with Gasteiger partial charge in [0, 0.05) is 17.8 Å². The zero-order chi connectivity index (χ0) is 13.7. The van der Waals surface area contributed by atoms with E-state index in [0.29, 0.717) is 11.1 Å². The molecule has 0 unspecified atom stereocenters. The molecule has 2 amide bonds. The molecule has 98 valence electrons. The van der Waals surface area contributed by atoms with Gasteiger partial charge < -0.3 is 16.4 Å². The largest absolute Gasteiger partial charge is 0.368 e. The van der Waals surface area contributed by atoms with Crippen LogP contribution in [-0.4, -0.2) is 33.3 Å². The summed E-state index contributed by atoms with van der Waals surface area (Å²) < 4.78 is 0. The number of anilines is 2. The van der Waals surface area contributed by atoms with Crippen LogP contribution >= 0.6 is 11.3 Å². The normalized spacial score (nSPS) is 9.89. The monoisotopic (exact) mass is 278 g/mol. The van der Waals surface area contributed by atoms with Crippen LogP contribution in [0.2, 0.25) is 0 Å². The van der Waals surface area contributed by atoms with E-state index in [4.69, 9.17) is 5.73 Å². The summed E-state index contributed by atoms with van der Waals surface area (Å²) in [7, 11) is 0. The Morgan fingerprint density at radius 1 is 1.32 bits per heavy atom. The molecule has 0 radical (unpaired) electrons. The number of hydrogen-bond acceptors (Lipinski definition) is 7. The number of rotatable bonds is 5. The van der Waals surface area contributed by atoms with Crippen LogP contribution < -0.4 is 16.4 Å². The fourth-order valence-electron chi connectivity index (χ4n) is 1.15. The van der Waals surface area contributed by atoms with Gasteiger partial charge >= 0.3 is 0 Å². The Kier molecular flexibility index (Phi) is 3.98. The summed E-state index contributed by atoms with van der Waals surface area (Å²) in [6, 6.07) is 1.69. The zero-order valence-electron chi connectivity index (χ0n) is 9.66. The zero-order valence-corrected chi connectivity index (χ0v) is 10.5. The Labute approximate surface area is 112 Å². The lowest BCUT2D eigenvalue weighted by atomic mass is 10.4. The average molecular weight is 278 g/mol. The van der Waals surface area contributed by atoms with Gasteiger partial charge in [0.2, 0.25) is 11.9 Å². The minimum Gasteiger partial charge on any atom is -0.368 e. The van der Waals surface area contributed by atoms with Gasteiger partial charge in [-0.1, -0.05) is 0 Å². The van der Waals surface area contributed by atoms with Crippen molar-refractivity contribution >= 4 is 34.2 Å². The van der Waals surface area contributed by atoms with Crippen LogP contribution in [0.1, 0.15) is 10.5 Å². The lowest BCUT2D eigenvalue weighted by Crippen LogP contribution is -2.33. The second kappa shape index (κ2) is 5.87. The number of nitrogens with two attached hydrogens (primary N) is 1. The maximum atomic E-state index is 11.6. The number of aromatic nitrogens is 3. The van der Waals surface area contributed by atoms with E-state index < -0.39 is 11.8 Å². The lowest BCUT2D eigenvalue weighted by Gasteiger charge is -1.99. The summed E-state index contributed by atoms with van der Waals surface area (Å²) in [5.41, 5.74) is 5.12. The minimum absolute atomic E-state index is 0.199. The van der Waals surface area contributed by atoms with Gasteiger partial charge in [0.15, 0.2) is 5.13 Å². The molecular formula is C10H10N6O2S. The van der Waals surface area contributed by atoms with Crippen molar-refractivity contribution in [2.24, 2.45) is 5.73 Å². The van der Waals surface area contributed by atoms with Gasteiger partial charge in [-0.3, -0.25) is 9.59 Å². The molecule has 2 aromatic heterocycles. The molecule has 0 fully saturated rings. The third kappa shape index (κ3) is 3.71. The third-order valence-corrected chi connectivity index (χ3v) is 2.70. The van der Waals surface area contributed by atoms with Crippen molar-refractivity contribution in [3.05, 3.63) is 29.5 Å². The first-order chi connectivity index (χ1) is 9.15. The molecule has 0 spiro atoms. The fourth-order valence-corrected chi connectivity index (χ4v) is 1.84. The highest BCUT2D eigenvalue weighted by Gasteiger charge is 2.11. The SMILES string of the molecule is NC(=O)CNC(=O)c1csc(Nc2ncccn2)n1. The number of hydrogen-bond donors (Lipinski definition) is 3. The Bertz CT molecular complexity index is 585. The number of nitrogens with one attached hydrogen (secondary N) is 2. The molecule has 0 atom stereocenters. The molecule has 4 N–H and O–H groups in total. The molecule has 19 heavy (non-hydrogen) atoms. The molecule has 9 heteroatoms. The lowest BCUT2D eigenvalue weighted by molar-refractivity contribution is -0.117. The molecule has 0 saturated heterocycles. The van der Waals surface area contributed by atoms with Gasteiger partial charge in [0.1, 0.15) is 5.69 Å². The second-order valence-corrected chi connectivity index (χ2v) is 4.24. The van der Waals surface area contributed by atoms with Gasteiger partial charge in [-0.15, -0.1) is 11.3 Å². The summed E-state index contributed by atoms with van der Waals surface area (Å²) in [5.74, 6) is -0.683. The van der Waals surface area contributed by atoms with E-state index in [9.17, 15) is 9.59 Å². The molecule has 0 aromatic carbocycles. The third-order valence-electron chi connectivity index (χ3n) is 1.94. The number of primary amides is 1. The Balaban J connectivity index is 1.99. The van der Waals surface area contributed by atoms with Crippen LogP contribution in [0, 0.1) is 0 Å². The summed E-state index contributed by atoms with van der Waals surface area (Å²) in [6.45, 7) is -0.221. The van der Waals surface area contributed by atoms with Crippen molar-refractivity contribution in [3.63, 3.8) is 0 Å². The summed E-state index contributed by atoms with van der Waals surface area (Å²) in [5, 5.41) is 7.24. The summed E-state index contributed by atoms with van der Waals surface area (Å²) in [4.78, 5) is 34.1. The van der Waals surface area contributed by atoms with Gasteiger partial charge in [-0.2, -0.15) is 0 Å². The Hall–Kier alpha value is -2.55. The number of nitrogens with zero attached hydrogens (tertiary/aromatic N) is 3. The van der Waals surface area contributed by atoms with Crippen LogP contribution in [0.25, 0.3) is 0 Å². The molecule has 0 aliphatic carbocycles. The first-order valence-electron chi connectivity index (χ1n) is 5.21. The maximum Gasteiger partial charge on any atom is 0.271 e. The average Bonchev–Trinajstić information content (AvgIpc) is 2.85. The molecule has 2 heterocycles. The van der Waals surface area contributed by atoms with Crippen molar-refractivity contribution in [1.29, 1.82) is 0 Å². The van der Waals surface area contributed by atoms with Crippen LogP contribution in [0.4, 0.5) is 11.1 Å². The highest BCUT2D eigenvalue weighted by atomic mass is 32.1. The topological polar surface area (TPSA) is 123 Å². The van der Waals surface area contributed by atoms with Crippen LogP contribution in [0.3, 0.4) is 0 Å². The van der Waals surface area contributed by atoms with Crippen molar-refractivity contribution in [3.8, 4) is 0 Å². The Morgan fingerprint density at radius 3 is 2.74 bits per heavy atom. The van der Waals surface area contributed by atoms with Crippen molar-refractivity contribution in [1.82, 2.24) is 20.3 Å². The number of amides is 2. The van der Waals surface area contributed by atoms with Gasteiger partial charge in [0.05, 0.1) is 6.54 Å².